The lowest BCUT2D eigenvalue weighted by atomic mass is 9.89. The fourth-order valence-corrected chi connectivity index (χ4v) is 3.84. The highest BCUT2D eigenvalue weighted by Gasteiger charge is 2.20. The summed E-state index contributed by atoms with van der Waals surface area (Å²) in [5.41, 5.74) is 9.33. The topological polar surface area (TPSA) is 72.2 Å². The van der Waals surface area contributed by atoms with Crippen molar-refractivity contribution in [2.45, 2.75) is 76.3 Å². The molecular weight excluding hydrogens is 336 g/mol. The van der Waals surface area contributed by atoms with Crippen molar-refractivity contribution in [2.24, 2.45) is 5.73 Å². The molecule has 138 valence electrons. The number of hydrogen-bond donors (Lipinski definition) is 2. The number of aryl methyl sites for hydroxylation is 2. The summed E-state index contributed by atoms with van der Waals surface area (Å²) in [6.45, 7) is 0. The predicted octanol–water partition coefficient (Wildman–Crippen LogP) is 3.34. The Kier molecular flexibility index (Phi) is 7.45. The maximum Gasteiger partial charge on any atom is 0.220 e. The first-order valence-corrected chi connectivity index (χ1v) is 9.32. The molecule has 0 bridgehead atoms. The Morgan fingerprint density at radius 3 is 2.40 bits per heavy atom. The lowest BCUT2D eigenvalue weighted by molar-refractivity contribution is -0.122. The maximum absolute atomic E-state index is 12.4. The fourth-order valence-electron chi connectivity index (χ4n) is 3.84. The van der Waals surface area contributed by atoms with Gasteiger partial charge in [0.25, 0.3) is 0 Å². The fraction of sp³-hybridized carbons (Fsp3) is 0.600. The molecule has 0 heterocycles. The number of halogens is 1. The van der Waals surface area contributed by atoms with Crippen LogP contribution in [0.2, 0.25) is 0 Å². The van der Waals surface area contributed by atoms with Gasteiger partial charge in [-0.15, -0.1) is 12.4 Å². The summed E-state index contributed by atoms with van der Waals surface area (Å²) < 4.78 is 0. The van der Waals surface area contributed by atoms with Gasteiger partial charge >= 0.3 is 0 Å². The van der Waals surface area contributed by atoms with Crippen LogP contribution >= 0.6 is 12.4 Å². The van der Waals surface area contributed by atoms with Crippen LogP contribution in [0.1, 0.15) is 72.9 Å². The van der Waals surface area contributed by atoms with Crippen molar-refractivity contribution in [1.29, 1.82) is 0 Å². The monoisotopic (exact) mass is 364 g/mol. The van der Waals surface area contributed by atoms with Crippen LogP contribution in [0.25, 0.3) is 0 Å². The number of rotatable bonds is 5. The number of ketones is 1. The van der Waals surface area contributed by atoms with Gasteiger partial charge in [0, 0.05) is 30.5 Å². The van der Waals surface area contributed by atoms with Crippen LogP contribution in [0, 0.1) is 0 Å². The number of carbonyl (C=O) groups excluding carboxylic acids is 2. The Morgan fingerprint density at radius 1 is 1.00 bits per heavy atom. The minimum atomic E-state index is -0.0122. The first-order valence-electron chi connectivity index (χ1n) is 9.32. The van der Waals surface area contributed by atoms with Crippen molar-refractivity contribution in [3.8, 4) is 0 Å². The molecular formula is C20H29ClN2O2. The normalized spacial score (nSPS) is 22.4. The molecule has 3 rings (SSSR count). The number of carbonyl (C=O) groups is 2. The third-order valence-corrected chi connectivity index (χ3v) is 5.39. The van der Waals surface area contributed by atoms with Crippen LogP contribution in [-0.4, -0.2) is 23.8 Å². The molecule has 1 aromatic rings. The van der Waals surface area contributed by atoms with E-state index in [0.29, 0.717) is 0 Å². The highest BCUT2D eigenvalue weighted by molar-refractivity contribution is 5.98. The molecule has 0 saturated heterocycles. The van der Waals surface area contributed by atoms with Gasteiger partial charge in [0.15, 0.2) is 5.78 Å². The van der Waals surface area contributed by atoms with Crippen molar-refractivity contribution in [3.05, 3.63) is 34.9 Å². The van der Waals surface area contributed by atoms with E-state index < -0.39 is 0 Å². The molecule has 1 aromatic carbocycles. The summed E-state index contributed by atoms with van der Waals surface area (Å²) in [5, 5.41) is 3.05. The number of fused-ring (bicyclic) bond motifs is 1. The zero-order chi connectivity index (χ0) is 16.9. The minimum absolute atomic E-state index is 0. The van der Waals surface area contributed by atoms with E-state index in [1.807, 2.05) is 12.1 Å². The highest BCUT2D eigenvalue weighted by Crippen LogP contribution is 2.23. The number of nitrogens with two attached hydrogens (primary N) is 1. The van der Waals surface area contributed by atoms with E-state index in [4.69, 9.17) is 5.73 Å². The van der Waals surface area contributed by atoms with E-state index in [-0.39, 0.29) is 49.0 Å². The average Bonchev–Trinajstić information content (AvgIpc) is 2.61. The molecule has 1 fully saturated rings. The van der Waals surface area contributed by atoms with Gasteiger partial charge in [-0.2, -0.15) is 0 Å². The van der Waals surface area contributed by atoms with E-state index in [1.54, 1.807) is 0 Å². The molecule has 25 heavy (non-hydrogen) atoms. The molecule has 1 amide bonds. The van der Waals surface area contributed by atoms with E-state index in [1.165, 1.54) is 24.0 Å². The van der Waals surface area contributed by atoms with Crippen molar-refractivity contribution in [2.75, 3.05) is 0 Å². The summed E-state index contributed by atoms with van der Waals surface area (Å²) in [4.78, 5) is 24.4. The lowest BCUT2D eigenvalue weighted by Crippen LogP contribution is -2.40. The largest absolute Gasteiger partial charge is 0.353 e. The van der Waals surface area contributed by atoms with Crippen LogP contribution in [0.5, 0.6) is 0 Å². The number of hydrogen-bond acceptors (Lipinski definition) is 3. The summed E-state index contributed by atoms with van der Waals surface area (Å²) in [5.74, 6) is 0.0611. The zero-order valence-electron chi connectivity index (χ0n) is 14.8. The Bertz CT molecular complexity index is 610. The Labute approximate surface area is 156 Å². The third-order valence-electron chi connectivity index (χ3n) is 5.39. The van der Waals surface area contributed by atoms with Crippen molar-refractivity contribution < 1.29 is 9.59 Å². The second-order valence-corrected chi connectivity index (χ2v) is 7.29. The number of nitrogens with one attached hydrogen (secondary N) is 1. The highest BCUT2D eigenvalue weighted by atomic mass is 35.5. The van der Waals surface area contributed by atoms with Crippen LogP contribution in [0.15, 0.2) is 18.2 Å². The number of Topliss-reactive ketones (excluding diaryl/α,β-unsaturated/α-hetero) is 1. The number of benzene rings is 1. The van der Waals surface area contributed by atoms with Crippen molar-refractivity contribution >= 4 is 24.1 Å². The molecule has 2 aliphatic rings. The van der Waals surface area contributed by atoms with Gasteiger partial charge in [0.05, 0.1) is 0 Å². The maximum atomic E-state index is 12.4. The minimum Gasteiger partial charge on any atom is -0.353 e. The molecule has 5 heteroatoms. The van der Waals surface area contributed by atoms with Crippen molar-refractivity contribution in [3.63, 3.8) is 0 Å². The van der Waals surface area contributed by atoms with Crippen LogP contribution in [0.3, 0.4) is 0 Å². The van der Waals surface area contributed by atoms with Crippen LogP contribution in [0.4, 0.5) is 0 Å². The molecule has 0 aliphatic heterocycles. The first-order chi connectivity index (χ1) is 11.6. The molecule has 0 aromatic heterocycles. The summed E-state index contributed by atoms with van der Waals surface area (Å²) in [6.07, 6.45) is 9.05. The SMILES string of the molecule is Cl.NC1CCC(NC(=O)CCC(=O)c2ccc3c(c2)CCCC3)CC1. The van der Waals surface area contributed by atoms with Gasteiger partial charge in [-0.3, -0.25) is 9.59 Å². The Morgan fingerprint density at radius 2 is 1.68 bits per heavy atom. The first kappa shape index (κ1) is 19.9. The van der Waals surface area contributed by atoms with Crippen molar-refractivity contribution in [1.82, 2.24) is 5.32 Å². The van der Waals surface area contributed by atoms with E-state index in [0.717, 1.165) is 44.1 Å². The average molecular weight is 365 g/mol. The zero-order valence-corrected chi connectivity index (χ0v) is 15.6. The second-order valence-electron chi connectivity index (χ2n) is 7.29. The van der Waals surface area contributed by atoms with E-state index in [9.17, 15) is 9.59 Å². The van der Waals surface area contributed by atoms with Gasteiger partial charge in [0.1, 0.15) is 0 Å². The summed E-state index contributed by atoms with van der Waals surface area (Å²) in [6, 6.07) is 6.57. The molecule has 4 nitrogen and oxygen atoms in total. The molecule has 0 radical (unpaired) electrons. The molecule has 3 N–H and O–H groups in total. The van der Waals surface area contributed by atoms with E-state index >= 15 is 0 Å². The standard InChI is InChI=1S/C20H28N2O2.ClH/c21-17-7-9-18(10-8-17)22-20(24)12-11-19(23)16-6-5-14-3-1-2-4-15(14)13-16;/h5-6,13,17-18H,1-4,7-12,21H2,(H,22,24);1H. The third kappa shape index (κ3) is 5.55. The molecule has 2 aliphatic carbocycles. The molecule has 1 saturated carbocycles. The number of amides is 1. The Balaban J connectivity index is 0.00000225. The van der Waals surface area contributed by atoms with Gasteiger partial charge in [-0.1, -0.05) is 12.1 Å². The van der Waals surface area contributed by atoms with Gasteiger partial charge in [-0.25, -0.2) is 0 Å². The van der Waals surface area contributed by atoms with Gasteiger partial charge in [0.2, 0.25) is 5.91 Å². The predicted molar refractivity (Wildman–Crippen MR) is 102 cm³/mol. The van der Waals surface area contributed by atoms with Crippen LogP contribution in [-0.2, 0) is 17.6 Å². The van der Waals surface area contributed by atoms with Crippen LogP contribution < -0.4 is 11.1 Å². The lowest BCUT2D eigenvalue weighted by Gasteiger charge is -2.26. The smallest absolute Gasteiger partial charge is 0.220 e. The molecule has 0 atom stereocenters. The molecule has 0 spiro atoms. The van der Waals surface area contributed by atoms with Gasteiger partial charge in [-0.05, 0) is 68.6 Å². The Hall–Kier alpha value is -1.39. The summed E-state index contributed by atoms with van der Waals surface area (Å²) >= 11 is 0. The quantitative estimate of drug-likeness (QED) is 0.787. The molecule has 0 unspecified atom stereocenters. The van der Waals surface area contributed by atoms with Gasteiger partial charge < -0.3 is 11.1 Å². The second kappa shape index (κ2) is 9.35. The van der Waals surface area contributed by atoms with E-state index in [2.05, 4.69) is 11.4 Å². The summed E-state index contributed by atoms with van der Waals surface area (Å²) in [7, 11) is 0.